The van der Waals surface area contributed by atoms with E-state index in [1.807, 2.05) is 0 Å². The van der Waals surface area contributed by atoms with E-state index in [1.54, 1.807) is 32.4 Å². The van der Waals surface area contributed by atoms with Crippen molar-refractivity contribution in [3.8, 4) is 0 Å². The SMILES string of the molecule is CN(C)C(=O)c1ccc[nH]c1=S.N. The van der Waals surface area contributed by atoms with Gasteiger partial charge in [0, 0.05) is 20.3 Å². The minimum atomic E-state index is -0.0724. The van der Waals surface area contributed by atoms with Crippen LogP contribution in [-0.4, -0.2) is 29.9 Å². The molecule has 5 heteroatoms. The first-order chi connectivity index (χ1) is 5.63. The van der Waals surface area contributed by atoms with Crippen molar-refractivity contribution in [1.82, 2.24) is 16.0 Å². The van der Waals surface area contributed by atoms with Gasteiger partial charge in [-0.1, -0.05) is 12.2 Å². The summed E-state index contributed by atoms with van der Waals surface area (Å²) < 4.78 is 0.483. The fourth-order valence-electron chi connectivity index (χ4n) is 0.831. The highest BCUT2D eigenvalue weighted by Gasteiger charge is 2.08. The van der Waals surface area contributed by atoms with Crippen LogP contribution in [0.15, 0.2) is 18.3 Å². The molecule has 72 valence electrons. The number of nitrogens with one attached hydrogen (secondary N) is 1. The molecule has 4 nitrogen and oxygen atoms in total. The zero-order valence-corrected chi connectivity index (χ0v) is 8.52. The summed E-state index contributed by atoms with van der Waals surface area (Å²) in [6.07, 6.45) is 1.70. The Bertz CT molecular complexity index is 345. The highest BCUT2D eigenvalue weighted by atomic mass is 32.1. The lowest BCUT2D eigenvalue weighted by Crippen LogP contribution is -2.22. The number of nitrogens with zero attached hydrogens (tertiary/aromatic N) is 1. The van der Waals surface area contributed by atoms with Crippen LogP contribution in [0.25, 0.3) is 0 Å². The smallest absolute Gasteiger partial charge is 0.256 e. The molecule has 1 heterocycles. The predicted molar refractivity (Wildman–Crippen MR) is 54.7 cm³/mol. The van der Waals surface area contributed by atoms with Gasteiger partial charge in [-0.3, -0.25) is 4.79 Å². The Balaban J connectivity index is 0.00000144. The molecule has 1 aromatic rings. The van der Waals surface area contributed by atoms with Gasteiger partial charge in [0.15, 0.2) is 0 Å². The van der Waals surface area contributed by atoms with Gasteiger partial charge in [0.25, 0.3) is 5.91 Å². The maximum absolute atomic E-state index is 11.4. The number of hydrogen-bond acceptors (Lipinski definition) is 3. The van der Waals surface area contributed by atoms with E-state index in [2.05, 4.69) is 4.98 Å². The van der Waals surface area contributed by atoms with Crippen molar-refractivity contribution in [2.45, 2.75) is 0 Å². The van der Waals surface area contributed by atoms with E-state index in [9.17, 15) is 4.79 Å². The highest BCUT2D eigenvalue weighted by molar-refractivity contribution is 7.71. The number of H-pyrrole nitrogens is 1. The monoisotopic (exact) mass is 199 g/mol. The molecule has 0 aliphatic heterocycles. The normalized spacial score (nSPS) is 8.77. The number of aromatic nitrogens is 1. The van der Waals surface area contributed by atoms with E-state index < -0.39 is 0 Å². The number of aromatic amines is 1. The Labute approximate surface area is 82.2 Å². The van der Waals surface area contributed by atoms with Crippen molar-refractivity contribution in [3.63, 3.8) is 0 Å². The molecule has 0 saturated carbocycles. The Morgan fingerprint density at radius 3 is 2.62 bits per heavy atom. The number of amides is 1. The second-order valence-corrected chi connectivity index (χ2v) is 3.02. The maximum atomic E-state index is 11.4. The summed E-state index contributed by atoms with van der Waals surface area (Å²) in [5.41, 5.74) is 0.539. The summed E-state index contributed by atoms with van der Waals surface area (Å²) >= 11 is 4.94. The standard InChI is InChI=1S/C8H10N2OS.H3N/c1-10(2)8(11)6-4-3-5-9-7(6)12;/h3-5H,1-2H3,(H,9,12);1H3. The van der Waals surface area contributed by atoms with Crippen LogP contribution < -0.4 is 6.15 Å². The van der Waals surface area contributed by atoms with E-state index in [0.29, 0.717) is 10.2 Å². The Hall–Kier alpha value is -1.20. The second-order valence-electron chi connectivity index (χ2n) is 2.61. The highest BCUT2D eigenvalue weighted by Crippen LogP contribution is 2.01. The van der Waals surface area contributed by atoms with Crippen molar-refractivity contribution in [2.24, 2.45) is 0 Å². The lowest BCUT2D eigenvalue weighted by atomic mass is 10.2. The number of rotatable bonds is 1. The second kappa shape index (κ2) is 4.74. The van der Waals surface area contributed by atoms with E-state index >= 15 is 0 Å². The van der Waals surface area contributed by atoms with Gasteiger partial charge in [0.2, 0.25) is 0 Å². The molecular weight excluding hydrogens is 186 g/mol. The number of hydrogen-bond donors (Lipinski definition) is 2. The van der Waals surface area contributed by atoms with Gasteiger partial charge in [0.05, 0.1) is 5.56 Å². The van der Waals surface area contributed by atoms with E-state index in [1.165, 1.54) is 4.90 Å². The molecule has 0 aliphatic rings. The van der Waals surface area contributed by atoms with Crippen LogP contribution in [-0.2, 0) is 0 Å². The average molecular weight is 199 g/mol. The molecule has 0 bridgehead atoms. The van der Waals surface area contributed by atoms with Crippen molar-refractivity contribution in [1.29, 1.82) is 0 Å². The van der Waals surface area contributed by atoms with Crippen LogP contribution in [0, 0.1) is 4.64 Å². The van der Waals surface area contributed by atoms with Crippen LogP contribution in [0.1, 0.15) is 10.4 Å². The van der Waals surface area contributed by atoms with Crippen molar-refractivity contribution < 1.29 is 4.79 Å². The molecule has 0 saturated heterocycles. The minimum Gasteiger partial charge on any atom is -0.352 e. The third kappa shape index (κ3) is 2.64. The third-order valence-corrected chi connectivity index (χ3v) is 1.79. The Morgan fingerprint density at radius 2 is 2.15 bits per heavy atom. The van der Waals surface area contributed by atoms with Crippen molar-refractivity contribution >= 4 is 18.1 Å². The van der Waals surface area contributed by atoms with Gasteiger partial charge in [-0.15, -0.1) is 0 Å². The summed E-state index contributed by atoms with van der Waals surface area (Å²) in [7, 11) is 3.40. The van der Waals surface area contributed by atoms with Crippen molar-refractivity contribution in [2.75, 3.05) is 14.1 Å². The van der Waals surface area contributed by atoms with E-state index in [-0.39, 0.29) is 12.1 Å². The summed E-state index contributed by atoms with van der Waals surface area (Å²) in [6.45, 7) is 0. The molecule has 0 aromatic carbocycles. The molecule has 0 spiro atoms. The molecule has 1 rings (SSSR count). The fourth-order valence-corrected chi connectivity index (χ4v) is 1.05. The molecule has 1 aromatic heterocycles. The molecular formula is C8H13N3OS. The van der Waals surface area contributed by atoms with Gasteiger partial charge < -0.3 is 16.0 Å². The molecule has 4 N–H and O–H groups in total. The third-order valence-electron chi connectivity index (χ3n) is 1.45. The van der Waals surface area contributed by atoms with Gasteiger partial charge in [-0.05, 0) is 12.1 Å². The number of carbonyl (C=O) groups is 1. The minimum absolute atomic E-state index is 0. The lowest BCUT2D eigenvalue weighted by molar-refractivity contribution is 0.0826. The molecule has 0 radical (unpaired) electrons. The first-order valence-electron chi connectivity index (χ1n) is 3.52. The molecule has 0 aliphatic carbocycles. The fraction of sp³-hybridized carbons (Fsp3) is 0.250. The summed E-state index contributed by atoms with van der Waals surface area (Å²) in [5, 5.41) is 0. The Morgan fingerprint density at radius 1 is 1.54 bits per heavy atom. The molecule has 0 unspecified atom stereocenters. The van der Waals surface area contributed by atoms with Gasteiger partial charge in [-0.2, -0.15) is 0 Å². The van der Waals surface area contributed by atoms with Crippen LogP contribution in [0.2, 0.25) is 0 Å². The number of carbonyl (C=O) groups excluding carboxylic acids is 1. The summed E-state index contributed by atoms with van der Waals surface area (Å²) in [6, 6.07) is 3.47. The lowest BCUT2D eigenvalue weighted by Gasteiger charge is -2.09. The maximum Gasteiger partial charge on any atom is 0.256 e. The van der Waals surface area contributed by atoms with E-state index in [0.717, 1.165) is 0 Å². The van der Waals surface area contributed by atoms with Crippen LogP contribution in [0.4, 0.5) is 0 Å². The first kappa shape index (κ1) is 11.8. The van der Waals surface area contributed by atoms with Crippen LogP contribution in [0.3, 0.4) is 0 Å². The van der Waals surface area contributed by atoms with Gasteiger partial charge in [-0.25, -0.2) is 0 Å². The zero-order chi connectivity index (χ0) is 9.14. The molecule has 0 fully saturated rings. The molecule has 1 amide bonds. The average Bonchev–Trinajstić information content (AvgIpc) is 2.04. The summed E-state index contributed by atoms with van der Waals surface area (Å²) in [5.74, 6) is -0.0724. The molecule has 0 atom stereocenters. The van der Waals surface area contributed by atoms with Gasteiger partial charge >= 0.3 is 0 Å². The summed E-state index contributed by atoms with van der Waals surface area (Å²) in [4.78, 5) is 15.7. The number of pyridine rings is 1. The molecule has 13 heavy (non-hydrogen) atoms. The predicted octanol–water partition coefficient (Wildman–Crippen LogP) is 1.61. The van der Waals surface area contributed by atoms with Crippen LogP contribution >= 0.6 is 12.2 Å². The van der Waals surface area contributed by atoms with Crippen LogP contribution in [0.5, 0.6) is 0 Å². The largest absolute Gasteiger partial charge is 0.352 e. The van der Waals surface area contributed by atoms with Gasteiger partial charge in [0.1, 0.15) is 4.64 Å². The van der Waals surface area contributed by atoms with Crippen molar-refractivity contribution in [3.05, 3.63) is 28.5 Å². The Kier molecular flexibility index (Phi) is 4.30. The topological polar surface area (TPSA) is 71.1 Å². The first-order valence-corrected chi connectivity index (χ1v) is 3.93. The quantitative estimate of drug-likeness (QED) is 0.675. The van der Waals surface area contributed by atoms with E-state index in [4.69, 9.17) is 12.2 Å². The zero-order valence-electron chi connectivity index (χ0n) is 7.70.